The van der Waals surface area contributed by atoms with Gasteiger partial charge in [-0.2, -0.15) is 0 Å². The van der Waals surface area contributed by atoms with Crippen molar-refractivity contribution in [2.45, 2.75) is 32.3 Å². The second-order valence-corrected chi connectivity index (χ2v) is 2.30. The maximum Gasteiger partial charge on any atom is 0.122 e. The lowest BCUT2D eigenvalue weighted by Crippen LogP contribution is -1.95. The SMILES string of the molecule is BCC(C)BCC. The Balaban J connectivity index is 2.83. The molecule has 0 bridgehead atoms. The Morgan fingerprint density at radius 2 is 2.29 bits per heavy atom. The molecule has 2 heteroatoms. The van der Waals surface area contributed by atoms with Crippen LogP contribution in [-0.2, 0) is 0 Å². The first-order chi connectivity index (χ1) is 3.31. The van der Waals surface area contributed by atoms with Gasteiger partial charge in [0.15, 0.2) is 0 Å². The molecule has 40 valence electrons. The highest BCUT2D eigenvalue weighted by Gasteiger charge is 1.95. The second kappa shape index (κ2) is 4.29. The largest absolute Gasteiger partial charge is 0.122 e. The fourth-order valence-corrected chi connectivity index (χ4v) is 0.697. The molecule has 0 aromatic rings. The molecule has 0 aliphatic heterocycles. The summed E-state index contributed by atoms with van der Waals surface area (Å²) in [6, 6.07) is 0. The van der Waals surface area contributed by atoms with Gasteiger partial charge in [0.25, 0.3) is 0 Å². The van der Waals surface area contributed by atoms with E-state index in [1.54, 1.807) is 0 Å². The minimum Gasteiger partial charge on any atom is -0.0851 e. The Hall–Kier alpha value is 0.130. The Kier molecular flexibility index (Phi) is 4.37. The first-order valence-corrected chi connectivity index (χ1v) is 3.31. The summed E-state index contributed by atoms with van der Waals surface area (Å²) in [6.45, 7) is 4.55. The van der Waals surface area contributed by atoms with Crippen molar-refractivity contribution in [3.63, 3.8) is 0 Å². The Labute approximate surface area is 48.3 Å². The molecule has 0 aliphatic rings. The molecule has 0 N–H and O–H groups in total. The van der Waals surface area contributed by atoms with Crippen LogP contribution in [0.3, 0.4) is 0 Å². The lowest BCUT2D eigenvalue weighted by atomic mass is 9.59. The zero-order valence-corrected chi connectivity index (χ0v) is 5.70. The standard InChI is InChI=1S/C5H14B2/c1-3-7-5(2)4-6/h5,7H,3-4,6H2,1-2H3. The van der Waals surface area contributed by atoms with E-state index in [1.807, 2.05) is 0 Å². The van der Waals surface area contributed by atoms with Crippen LogP contribution in [0, 0.1) is 0 Å². The first kappa shape index (κ1) is 7.13. The van der Waals surface area contributed by atoms with Crippen molar-refractivity contribution < 1.29 is 0 Å². The van der Waals surface area contributed by atoms with Crippen molar-refractivity contribution >= 4 is 15.1 Å². The molecule has 0 rings (SSSR count). The average molecular weight is 95.8 g/mol. The molecule has 1 unspecified atom stereocenters. The van der Waals surface area contributed by atoms with Crippen LogP contribution in [0.25, 0.3) is 0 Å². The molecule has 0 aliphatic carbocycles. The highest BCUT2D eigenvalue weighted by molar-refractivity contribution is 6.39. The van der Waals surface area contributed by atoms with E-state index < -0.39 is 0 Å². The number of hydrogen-bond acceptors (Lipinski definition) is 0. The first-order valence-electron chi connectivity index (χ1n) is 3.31. The molecular weight excluding hydrogens is 81.7 g/mol. The smallest absolute Gasteiger partial charge is 0.0851 e. The summed E-state index contributed by atoms with van der Waals surface area (Å²) in [7, 11) is 3.65. The van der Waals surface area contributed by atoms with Gasteiger partial charge in [0.1, 0.15) is 15.1 Å². The van der Waals surface area contributed by atoms with Gasteiger partial charge in [-0.3, -0.25) is 0 Å². The molecule has 0 spiro atoms. The lowest BCUT2D eigenvalue weighted by Gasteiger charge is -2.00. The van der Waals surface area contributed by atoms with E-state index in [4.69, 9.17) is 0 Å². The number of hydrogen-bond donors (Lipinski definition) is 0. The van der Waals surface area contributed by atoms with Gasteiger partial charge < -0.3 is 0 Å². The van der Waals surface area contributed by atoms with Crippen LogP contribution < -0.4 is 0 Å². The van der Waals surface area contributed by atoms with Crippen LogP contribution in [0.15, 0.2) is 0 Å². The van der Waals surface area contributed by atoms with Crippen LogP contribution in [0.2, 0.25) is 18.5 Å². The predicted octanol–water partition coefficient (Wildman–Crippen LogP) is 0.721. The summed E-state index contributed by atoms with van der Waals surface area (Å²) in [5, 5.41) is 0. The molecule has 0 nitrogen and oxygen atoms in total. The third-order valence-corrected chi connectivity index (χ3v) is 1.48. The van der Waals surface area contributed by atoms with E-state index in [2.05, 4.69) is 21.7 Å². The maximum absolute atomic E-state index is 2.31. The molecule has 0 amide bonds. The summed E-state index contributed by atoms with van der Waals surface area (Å²) < 4.78 is 0. The molecule has 0 radical (unpaired) electrons. The van der Waals surface area contributed by atoms with E-state index in [-0.39, 0.29) is 0 Å². The van der Waals surface area contributed by atoms with E-state index in [9.17, 15) is 0 Å². The fraction of sp³-hybridized carbons (Fsp3) is 1.00. The van der Waals surface area contributed by atoms with Crippen LogP contribution >= 0.6 is 0 Å². The van der Waals surface area contributed by atoms with Crippen molar-refractivity contribution in [2.24, 2.45) is 0 Å². The molecule has 0 heterocycles. The van der Waals surface area contributed by atoms with E-state index in [0.717, 1.165) is 5.82 Å². The van der Waals surface area contributed by atoms with Gasteiger partial charge >= 0.3 is 0 Å². The zero-order chi connectivity index (χ0) is 5.70. The highest BCUT2D eigenvalue weighted by Crippen LogP contribution is 2.05. The topological polar surface area (TPSA) is 0 Å². The molecule has 0 aromatic carbocycles. The van der Waals surface area contributed by atoms with E-state index >= 15 is 0 Å². The molecule has 0 saturated heterocycles. The zero-order valence-electron chi connectivity index (χ0n) is 5.70. The Morgan fingerprint density at radius 3 is 2.43 bits per heavy atom. The average Bonchev–Trinajstić information content (AvgIpc) is 1.68. The Morgan fingerprint density at radius 1 is 1.71 bits per heavy atom. The normalized spacial score (nSPS) is 13.4. The minimum atomic E-state index is 0.949. The number of rotatable bonds is 3. The van der Waals surface area contributed by atoms with Gasteiger partial charge in [0.2, 0.25) is 0 Å². The predicted molar refractivity (Wildman–Crippen MR) is 40.4 cm³/mol. The van der Waals surface area contributed by atoms with Crippen molar-refractivity contribution in [3.05, 3.63) is 0 Å². The van der Waals surface area contributed by atoms with Crippen molar-refractivity contribution in [3.8, 4) is 0 Å². The fourth-order valence-electron chi connectivity index (χ4n) is 0.697. The van der Waals surface area contributed by atoms with Crippen molar-refractivity contribution in [1.82, 2.24) is 0 Å². The Bertz CT molecular complexity index is 37.1. The summed E-state index contributed by atoms with van der Waals surface area (Å²) in [6.07, 6.45) is 2.68. The van der Waals surface area contributed by atoms with Crippen LogP contribution in [0.5, 0.6) is 0 Å². The summed E-state index contributed by atoms with van der Waals surface area (Å²) in [4.78, 5) is 0. The van der Waals surface area contributed by atoms with Gasteiger partial charge in [-0.25, -0.2) is 0 Å². The third-order valence-electron chi connectivity index (χ3n) is 1.48. The third kappa shape index (κ3) is 3.97. The van der Waals surface area contributed by atoms with Gasteiger partial charge in [0.05, 0.1) is 0 Å². The quantitative estimate of drug-likeness (QED) is 0.454. The monoisotopic (exact) mass is 96.1 g/mol. The van der Waals surface area contributed by atoms with Crippen LogP contribution in [-0.4, -0.2) is 15.1 Å². The summed E-state index contributed by atoms with van der Waals surface area (Å²) in [5.74, 6) is 0.949. The molecule has 1 atom stereocenters. The second-order valence-electron chi connectivity index (χ2n) is 2.30. The molecule has 0 aromatic heterocycles. The lowest BCUT2D eigenvalue weighted by molar-refractivity contribution is 1.04. The van der Waals surface area contributed by atoms with Gasteiger partial charge in [-0.1, -0.05) is 32.3 Å². The molecule has 0 fully saturated rings. The van der Waals surface area contributed by atoms with Gasteiger partial charge in [0, 0.05) is 0 Å². The van der Waals surface area contributed by atoms with Crippen LogP contribution in [0.1, 0.15) is 13.8 Å². The van der Waals surface area contributed by atoms with Crippen molar-refractivity contribution in [1.29, 1.82) is 0 Å². The van der Waals surface area contributed by atoms with E-state index in [1.165, 1.54) is 19.9 Å². The van der Waals surface area contributed by atoms with Gasteiger partial charge in [-0.15, -0.1) is 0 Å². The van der Waals surface area contributed by atoms with E-state index in [0.29, 0.717) is 0 Å². The summed E-state index contributed by atoms with van der Waals surface area (Å²) in [5.41, 5.74) is 0. The summed E-state index contributed by atoms with van der Waals surface area (Å²) >= 11 is 0. The van der Waals surface area contributed by atoms with Gasteiger partial charge in [-0.05, 0) is 0 Å². The minimum absolute atomic E-state index is 0.949. The molecule has 7 heavy (non-hydrogen) atoms. The maximum atomic E-state index is 2.31. The highest BCUT2D eigenvalue weighted by atomic mass is 13.8. The molecular formula is C5H14B2. The van der Waals surface area contributed by atoms with Crippen LogP contribution in [0.4, 0.5) is 0 Å². The van der Waals surface area contributed by atoms with Crippen molar-refractivity contribution in [2.75, 3.05) is 0 Å². The molecule has 0 saturated carbocycles.